The third-order valence-electron chi connectivity index (χ3n) is 4.63. The maximum absolute atomic E-state index is 13.0. The van der Waals surface area contributed by atoms with E-state index < -0.39 is 26.7 Å². The minimum Gasteiger partial charge on any atom is -0.457 e. The van der Waals surface area contributed by atoms with Gasteiger partial charge in [-0.2, -0.15) is 4.72 Å². The van der Waals surface area contributed by atoms with Gasteiger partial charge in [0, 0.05) is 29.0 Å². The lowest BCUT2D eigenvalue weighted by Gasteiger charge is -2.32. The van der Waals surface area contributed by atoms with Gasteiger partial charge in [0.25, 0.3) is 5.91 Å². The zero-order chi connectivity index (χ0) is 24.1. The third-order valence-corrected chi connectivity index (χ3v) is 7.49. The van der Waals surface area contributed by atoms with E-state index in [1.54, 1.807) is 56.8 Å². The number of pyridine rings is 1. The molecule has 0 aliphatic heterocycles. The van der Waals surface area contributed by atoms with E-state index >= 15 is 0 Å². The Morgan fingerprint density at radius 1 is 1.18 bits per heavy atom. The van der Waals surface area contributed by atoms with Gasteiger partial charge in [-0.1, -0.05) is 5.16 Å². The Morgan fingerprint density at radius 2 is 1.82 bits per heavy atom. The monoisotopic (exact) mass is 492 g/mol. The molecule has 176 valence electrons. The molecule has 33 heavy (non-hydrogen) atoms. The van der Waals surface area contributed by atoms with E-state index in [4.69, 9.17) is 9.26 Å². The number of hydroxylamine groups is 1. The predicted octanol–water partition coefficient (Wildman–Crippen LogP) is 3.03. The van der Waals surface area contributed by atoms with Gasteiger partial charge in [-0.15, -0.1) is 11.8 Å². The molecule has 0 fully saturated rings. The summed E-state index contributed by atoms with van der Waals surface area (Å²) in [5.41, 5.74) is 2.20. The van der Waals surface area contributed by atoms with Gasteiger partial charge in [-0.25, -0.2) is 13.9 Å². The van der Waals surface area contributed by atoms with Crippen LogP contribution < -0.4 is 14.9 Å². The molecule has 1 amide bonds. The Balaban J connectivity index is 1.75. The van der Waals surface area contributed by atoms with E-state index in [1.165, 1.54) is 36.0 Å². The molecule has 2 aromatic heterocycles. The Kier molecular flexibility index (Phi) is 7.74. The molecule has 0 bridgehead atoms. The molecular formula is C21H24N4O6S2. The summed E-state index contributed by atoms with van der Waals surface area (Å²) < 4.78 is 38.1. The normalized spacial score (nSPS) is 12.8. The number of hydrogen-bond donors (Lipinski definition) is 3. The zero-order valence-corrected chi connectivity index (χ0v) is 19.8. The van der Waals surface area contributed by atoms with E-state index in [0.29, 0.717) is 28.7 Å². The van der Waals surface area contributed by atoms with Gasteiger partial charge in [0.05, 0.1) is 10.6 Å². The maximum atomic E-state index is 13.0. The van der Waals surface area contributed by atoms with Gasteiger partial charge in [0.2, 0.25) is 10.0 Å². The number of nitrogens with one attached hydrogen (secondary N) is 2. The summed E-state index contributed by atoms with van der Waals surface area (Å²) in [4.78, 5) is 16.2. The lowest BCUT2D eigenvalue weighted by Crippen LogP contribution is -2.55. The van der Waals surface area contributed by atoms with Gasteiger partial charge in [0.15, 0.2) is 0 Å². The third kappa shape index (κ3) is 6.54. The fourth-order valence-corrected chi connectivity index (χ4v) is 5.26. The van der Waals surface area contributed by atoms with Crippen molar-refractivity contribution in [1.82, 2.24) is 20.3 Å². The van der Waals surface area contributed by atoms with Crippen molar-refractivity contribution in [2.45, 2.75) is 42.2 Å². The summed E-state index contributed by atoms with van der Waals surface area (Å²) in [5, 5.41) is 13.1. The van der Waals surface area contributed by atoms with Crippen LogP contribution in [0.3, 0.4) is 0 Å². The highest BCUT2D eigenvalue weighted by Gasteiger charge is 2.39. The second-order valence-electron chi connectivity index (χ2n) is 7.61. The molecule has 12 heteroatoms. The van der Waals surface area contributed by atoms with Crippen molar-refractivity contribution in [3.8, 4) is 11.5 Å². The van der Waals surface area contributed by atoms with E-state index in [2.05, 4.69) is 14.9 Å². The summed E-state index contributed by atoms with van der Waals surface area (Å²) in [7, 11) is -4.10. The first-order valence-corrected chi connectivity index (χ1v) is 12.3. The van der Waals surface area contributed by atoms with Crippen molar-refractivity contribution >= 4 is 27.7 Å². The number of ether oxygens (including phenoxy) is 1. The Bertz CT molecular complexity index is 1180. The molecule has 1 atom stereocenters. The van der Waals surface area contributed by atoms with Crippen LogP contribution in [0.2, 0.25) is 0 Å². The number of amides is 1. The van der Waals surface area contributed by atoms with E-state index in [1.807, 2.05) is 0 Å². The van der Waals surface area contributed by atoms with Gasteiger partial charge in [0.1, 0.15) is 23.3 Å². The van der Waals surface area contributed by atoms with E-state index in [0.717, 1.165) is 0 Å². The number of rotatable bonds is 10. The Hall–Kier alpha value is -2.93. The summed E-state index contributed by atoms with van der Waals surface area (Å²) >= 11 is 1.29. The average Bonchev–Trinajstić information content (AvgIpc) is 3.22. The Labute approximate surface area is 195 Å². The standard InChI is InChI=1S/C21H24N4O6S2/c1-14-12-15(24-31-14)13-32-21(2,3)19(20(26)23-27)25-33(28,29)18-6-4-16(5-7-18)30-17-8-10-22-11-9-17/h4-12,19,25,27H,13H2,1-3H3,(H,23,26)/t19-/m0/s1. The molecule has 0 radical (unpaired) electrons. The minimum atomic E-state index is -4.10. The molecule has 3 N–H and O–H groups in total. The molecule has 10 nitrogen and oxygen atoms in total. The molecule has 3 rings (SSSR count). The van der Waals surface area contributed by atoms with Crippen LogP contribution in [0.1, 0.15) is 25.3 Å². The number of aryl methyl sites for hydroxylation is 1. The van der Waals surface area contributed by atoms with Gasteiger partial charge in [-0.05, 0) is 57.2 Å². The van der Waals surface area contributed by atoms with Crippen molar-refractivity contribution in [3.63, 3.8) is 0 Å². The van der Waals surface area contributed by atoms with Crippen LogP contribution >= 0.6 is 11.8 Å². The molecular weight excluding hydrogens is 468 g/mol. The first-order chi connectivity index (χ1) is 15.6. The van der Waals surface area contributed by atoms with Crippen molar-refractivity contribution in [2.75, 3.05) is 0 Å². The number of nitrogens with zero attached hydrogens (tertiary/aromatic N) is 2. The molecule has 0 aliphatic rings. The number of thioether (sulfide) groups is 1. The Morgan fingerprint density at radius 3 is 2.39 bits per heavy atom. The first-order valence-electron chi connectivity index (χ1n) is 9.81. The predicted molar refractivity (Wildman–Crippen MR) is 121 cm³/mol. The minimum absolute atomic E-state index is 0.0618. The number of hydrogen-bond acceptors (Lipinski definition) is 9. The zero-order valence-electron chi connectivity index (χ0n) is 18.2. The highest BCUT2D eigenvalue weighted by atomic mass is 32.2. The topological polar surface area (TPSA) is 144 Å². The lowest BCUT2D eigenvalue weighted by atomic mass is 10.0. The second-order valence-corrected chi connectivity index (χ2v) is 11.0. The van der Waals surface area contributed by atoms with Crippen LogP contribution in [-0.2, 0) is 20.6 Å². The molecule has 0 saturated heterocycles. The van der Waals surface area contributed by atoms with Crippen LogP contribution in [0.5, 0.6) is 11.5 Å². The first kappa shape index (κ1) is 24.7. The van der Waals surface area contributed by atoms with Crippen LogP contribution in [-0.4, -0.2) is 40.5 Å². The van der Waals surface area contributed by atoms with Crippen LogP contribution in [0.25, 0.3) is 0 Å². The van der Waals surface area contributed by atoms with Crippen LogP contribution in [0.15, 0.2) is 64.3 Å². The smallest absolute Gasteiger partial charge is 0.262 e. The summed E-state index contributed by atoms with van der Waals surface area (Å²) in [6.07, 6.45) is 3.15. The molecule has 1 aromatic carbocycles. The summed E-state index contributed by atoms with van der Waals surface area (Å²) in [6.45, 7) is 5.15. The highest BCUT2D eigenvalue weighted by Crippen LogP contribution is 2.32. The van der Waals surface area contributed by atoms with Crippen molar-refractivity contribution in [3.05, 3.63) is 66.3 Å². The largest absolute Gasteiger partial charge is 0.457 e. The summed E-state index contributed by atoms with van der Waals surface area (Å²) in [6, 6.07) is 9.55. The lowest BCUT2D eigenvalue weighted by molar-refractivity contribution is -0.131. The van der Waals surface area contributed by atoms with Gasteiger partial charge in [-0.3, -0.25) is 15.0 Å². The number of carbonyl (C=O) groups is 1. The number of benzene rings is 1. The van der Waals surface area contributed by atoms with E-state index in [-0.39, 0.29) is 4.90 Å². The fourth-order valence-electron chi connectivity index (χ4n) is 2.86. The summed E-state index contributed by atoms with van der Waals surface area (Å²) in [5.74, 6) is 1.13. The van der Waals surface area contributed by atoms with Crippen molar-refractivity contribution in [1.29, 1.82) is 0 Å². The van der Waals surface area contributed by atoms with Crippen LogP contribution in [0, 0.1) is 6.92 Å². The fraction of sp³-hybridized carbons (Fsp3) is 0.286. The molecule has 0 aliphatic carbocycles. The molecule has 0 saturated carbocycles. The maximum Gasteiger partial charge on any atom is 0.262 e. The quantitative estimate of drug-likeness (QED) is 0.287. The number of sulfonamides is 1. The molecule has 0 unspecified atom stereocenters. The molecule has 0 spiro atoms. The van der Waals surface area contributed by atoms with Gasteiger partial charge < -0.3 is 9.26 Å². The highest BCUT2D eigenvalue weighted by molar-refractivity contribution is 8.00. The average molecular weight is 493 g/mol. The molecule has 3 aromatic rings. The molecule has 2 heterocycles. The van der Waals surface area contributed by atoms with Crippen molar-refractivity contribution < 1.29 is 27.7 Å². The second kappa shape index (κ2) is 10.3. The number of carbonyl (C=O) groups excluding carboxylic acids is 1. The number of aromatic nitrogens is 2. The van der Waals surface area contributed by atoms with E-state index in [9.17, 15) is 18.4 Å². The van der Waals surface area contributed by atoms with Gasteiger partial charge >= 0.3 is 0 Å². The van der Waals surface area contributed by atoms with Crippen molar-refractivity contribution in [2.24, 2.45) is 0 Å². The van der Waals surface area contributed by atoms with Crippen LogP contribution in [0.4, 0.5) is 0 Å². The SMILES string of the molecule is Cc1cc(CSC(C)(C)[C@@H](NS(=O)(=O)c2ccc(Oc3ccncc3)cc2)C(=O)NO)no1.